The second kappa shape index (κ2) is 14.9. The van der Waals surface area contributed by atoms with E-state index in [4.69, 9.17) is 28.6 Å². The first-order valence-electron chi connectivity index (χ1n) is 11.3. The number of halogens is 1. The van der Waals surface area contributed by atoms with Crippen LogP contribution in [0, 0.1) is 0 Å². The van der Waals surface area contributed by atoms with Gasteiger partial charge in [0.05, 0.1) is 6.61 Å². The van der Waals surface area contributed by atoms with Crippen LogP contribution in [-0.4, -0.2) is 50.3 Å². The average molecular weight is 474 g/mol. The van der Waals surface area contributed by atoms with Gasteiger partial charge in [0.15, 0.2) is 5.11 Å². The summed E-state index contributed by atoms with van der Waals surface area (Å²) in [6.07, 6.45) is 7.57. The van der Waals surface area contributed by atoms with Crippen LogP contribution >= 0.6 is 23.8 Å². The summed E-state index contributed by atoms with van der Waals surface area (Å²) in [7, 11) is 4.11. The molecule has 32 heavy (non-hydrogen) atoms. The molecule has 2 aromatic rings. The highest BCUT2D eigenvalue weighted by Gasteiger charge is 2.07. The Labute approximate surface area is 204 Å². The Balaban J connectivity index is 1.62. The molecule has 0 saturated carbocycles. The monoisotopic (exact) mass is 473 g/mol. The highest BCUT2D eigenvalue weighted by molar-refractivity contribution is 7.80. The maximum atomic E-state index is 5.93. The number of anilines is 1. The molecule has 0 spiro atoms. The molecule has 0 atom stereocenters. The lowest BCUT2D eigenvalue weighted by Gasteiger charge is -2.21. The number of hydrogen-bond donors (Lipinski definition) is 1. The fraction of sp³-hybridized carbons (Fsp3) is 0.423. The second-order valence-electron chi connectivity index (χ2n) is 7.97. The number of likely N-dealkylation sites (N-methyl/N-ethyl adjacent to an activating group) is 1. The van der Waals surface area contributed by atoms with Crippen molar-refractivity contribution in [1.29, 1.82) is 0 Å². The molecular weight excluding hydrogens is 438 g/mol. The number of nitrogens with one attached hydrogen (secondary N) is 1. The van der Waals surface area contributed by atoms with Crippen LogP contribution < -0.4 is 15.0 Å². The van der Waals surface area contributed by atoms with Crippen molar-refractivity contribution in [3.8, 4) is 5.75 Å². The van der Waals surface area contributed by atoms with E-state index in [1.807, 2.05) is 66.6 Å². The lowest BCUT2D eigenvalue weighted by atomic mass is 10.1. The average Bonchev–Trinajstić information content (AvgIpc) is 2.80. The Morgan fingerprint density at radius 2 is 1.72 bits per heavy atom. The van der Waals surface area contributed by atoms with Gasteiger partial charge >= 0.3 is 0 Å². The van der Waals surface area contributed by atoms with Crippen LogP contribution in [0.3, 0.4) is 0 Å². The van der Waals surface area contributed by atoms with Crippen molar-refractivity contribution in [2.24, 2.45) is 0 Å². The van der Waals surface area contributed by atoms with Gasteiger partial charge in [-0.05, 0) is 87.0 Å². The van der Waals surface area contributed by atoms with Crippen LogP contribution in [-0.2, 0) is 6.42 Å². The van der Waals surface area contributed by atoms with Crippen molar-refractivity contribution in [3.63, 3.8) is 0 Å². The van der Waals surface area contributed by atoms with Crippen LogP contribution in [0.1, 0.15) is 31.2 Å². The molecule has 0 bridgehead atoms. The van der Waals surface area contributed by atoms with E-state index in [-0.39, 0.29) is 0 Å². The Bertz CT molecular complexity index is 811. The zero-order valence-electron chi connectivity index (χ0n) is 19.4. The molecule has 0 fully saturated rings. The third-order valence-electron chi connectivity index (χ3n) is 5.28. The summed E-state index contributed by atoms with van der Waals surface area (Å²) in [5, 5.41) is 4.77. The summed E-state index contributed by atoms with van der Waals surface area (Å²) < 4.78 is 5.89. The van der Waals surface area contributed by atoms with Crippen molar-refractivity contribution in [2.45, 2.75) is 32.1 Å². The first kappa shape index (κ1) is 26.2. The quantitative estimate of drug-likeness (QED) is 0.208. The predicted octanol–water partition coefficient (Wildman–Crippen LogP) is 5.95. The van der Waals surface area contributed by atoms with Crippen LogP contribution in [0.5, 0.6) is 5.75 Å². The predicted molar refractivity (Wildman–Crippen MR) is 142 cm³/mol. The van der Waals surface area contributed by atoms with Gasteiger partial charge in [-0.15, -0.1) is 6.58 Å². The molecular formula is C26H36ClN3OS. The molecule has 0 aromatic heterocycles. The standard InChI is InChI=1S/C26H36ClN3OS/c1-4-19-29(2)20-7-5-6-8-21-31-25-15-13-24(14-16-25)30(3)26(32)28-18-17-22-9-11-23(27)12-10-22/h4,9-16H,1,5-8,17-21H2,2-3H3,(H,28,32). The molecule has 4 nitrogen and oxygen atoms in total. The molecule has 0 heterocycles. The van der Waals surface area contributed by atoms with E-state index in [9.17, 15) is 0 Å². The van der Waals surface area contributed by atoms with E-state index in [1.165, 1.54) is 24.8 Å². The van der Waals surface area contributed by atoms with Gasteiger partial charge in [0.1, 0.15) is 5.75 Å². The van der Waals surface area contributed by atoms with E-state index in [1.54, 1.807) is 0 Å². The third kappa shape index (κ3) is 10.0. The van der Waals surface area contributed by atoms with Gasteiger partial charge in [-0.25, -0.2) is 0 Å². The number of rotatable bonds is 14. The number of benzene rings is 2. The van der Waals surface area contributed by atoms with Gasteiger partial charge in [-0.3, -0.25) is 0 Å². The van der Waals surface area contributed by atoms with Crippen LogP contribution in [0.25, 0.3) is 0 Å². The van der Waals surface area contributed by atoms with Gasteiger partial charge in [0.2, 0.25) is 0 Å². The largest absolute Gasteiger partial charge is 0.494 e. The molecule has 0 amide bonds. The van der Waals surface area contributed by atoms with E-state index < -0.39 is 0 Å². The molecule has 0 radical (unpaired) electrons. The lowest BCUT2D eigenvalue weighted by Crippen LogP contribution is -2.38. The topological polar surface area (TPSA) is 27.7 Å². The summed E-state index contributed by atoms with van der Waals surface area (Å²) >= 11 is 11.5. The number of hydrogen-bond acceptors (Lipinski definition) is 3. The van der Waals surface area contributed by atoms with E-state index >= 15 is 0 Å². The molecule has 6 heteroatoms. The van der Waals surface area contributed by atoms with E-state index in [0.717, 1.165) is 55.5 Å². The van der Waals surface area contributed by atoms with Gasteiger partial charge in [0, 0.05) is 30.8 Å². The summed E-state index contributed by atoms with van der Waals surface area (Å²) in [5.41, 5.74) is 2.26. The molecule has 0 aliphatic carbocycles. The van der Waals surface area contributed by atoms with Gasteiger partial charge in [0.25, 0.3) is 0 Å². The van der Waals surface area contributed by atoms with E-state index in [0.29, 0.717) is 5.11 Å². The lowest BCUT2D eigenvalue weighted by molar-refractivity contribution is 0.300. The zero-order chi connectivity index (χ0) is 23.2. The minimum Gasteiger partial charge on any atom is -0.494 e. The zero-order valence-corrected chi connectivity index (χ0v) is 20.9. The van der Waals surface area contributed by atoms with Crippen molar-refractivity contribution in [1.82, 2.24) is 10.2 Å². The molecule has 0 aliphatic heterocycles. The summed E-state index contributed by atoms with van der Waals surface area (Å²) in [6.45, 7) is 7.38. The minimum absolute atomic E-state index is 0.700. The van der Waals surface area contributed by atoms with Crippen LogP contribution in [0.2, 0.25) is 5.02 Å². The maximum Gasteiger partial charge on any atom is 0.173 e. The molecule has 2 rings (SSSR count). The normalized spacial score (nSPS) is 10.8. The molecule has 1 N–H and O–H groups in total. The Morgan fingerprint density at radius 3 is 2.41 bits per heavy atom. The number of thiocarbonyl (C=S) groups is 1. The van der Waals surface area contributed by atoms with Crippen molar-refractivity contribution in [2.75, 3.05) is 45.2 Å². The summed E-state index contributed by atoms with van der Waals surface area (Å²) in [5.74, 6) is 0.898. The second-order valence-corrected chi connectivity index (χ2v) is 8.80. The van der Waals surface area contributed by atoms with Crippen molar-refractivity contribution >= 4 is 34.6 Å². The summed E-state index contributed by atoms with van der Waals surface area (Å²) in [4.78, 5) is 4.27. The number of unbranched alkanes of at least 4 members (excludes halogenated alkanes) is 3. The van der Waals surface area contributed by atoms with Gasteiger partial charge in [-0.1, -0.05) is 42.7 Å². The SMILES string of the molecule is C=CCN(C)CCCCCCOc1ccc(N(C)C(=S)NCCc2ccc(Cl)cc2)cc1. The fourth-order valence-corrected chi connectivity index (χ4v) is 3.64. The Kier molecular flexibility index (Phi) is 12.2. The molecule has 174 valence electrons. The van der Waals surface area contributed by atoms with Crippen LogP contribution in [0.15, 0.2) is 61.2 Å². The van der Waals surface area contributed by atoms with Gasteiger partial charge < -0.3 is 19.9 Å². The van der Waals surface area contributed by atoms with Crippen molar-refractivity contribution in [3.05, 3.63) is 71.8 Å². The highest BCUT2D eigenvalue weighted by Crippen LogP contribution is 2.19. The smallest absolute Gasteiger partial charge is 0.173 e. The molecule has 2 aromatic carbocycles. The van der Waals surface area contributed by atoms with Crippen molar-refractivity contribution < 1.29 is 4.74 Å². The van der Waals surface area contributed by atoms with Gasteiger partial charge in [-0.2, -0.15) is 0 Å². The van der Waals surface area contributed by atoms with Crippen LogP contribution in [0.4, 0.5) is 5.69 Å². The molecule has 0 saturated heterocycles. The third-order valence-corrected chi connectivity index (χ3v) is 5.95. The Hall–Kier alpha value is -2.08. The molecule has 0 aliphatic rings. The first-order chi connectivity index (χ1) is 15.5. The summed E-state index contributed by atoms with van der Waals surface area (Å²) in [6, 6.07) is 16.0. The van der Waals surface area contributed by atoms with E-state index in [2.05, 4.69) is 23.8 Å². The fourth-order valence-electron chi connectivity index (χ4n) is 3.31. The highest BCUT2D eigenvalue weighted by atomic mass is 35.5. The number of ether oxygens (including phenoxy) is 1. The number of nitrogens with zero attached hydrogens (tertiary/aromatic N) is 2. The maximum absolute atomic E-state index is 5.93. The first-order valence-corrected chi connectivity index (χ1v) is 12.1. The Morgan fingerprint density at radius 1 is 1.03 bits per heavy atom. The minimum atomic E-state index is 0.700. The molecule has 0 unspecified atom stereocenters.